The minimum atomic E-state index is -4.54. The molecular weight excluding hydrogens is 249 g/mol. The van der Waals surface area contributed by atoms with Gasteiger partial charge in [-0.2, -0.15) is 18.3 Å². The molecular formula is C10H9F3N4O. The maximum Gasteiger partial charge on any atom is 0.417 e. The van der Waals surface area contributed by atoms with Crippen LogP contribution in [0.5, 0.6) is 0 Å². The van der Waals surface area contributed by atoms with Gasteiger partial charge in [0.15, 0.2) is 11.5 Å². The number of aromatic amines is 1. The summed E-state index contributed by atoms with van der Waals surface area (Å²) in [6.07, 6.45) is -4.54. The molecule has 0 radical (unpaired) electrons. The van der Waals surface area contributed by atoms with Crippen LogP contribution in [0, 0.1) is 6.92 Å². The van der Waals surface area contributed by atoms with Crippen molar-refractivity contribution in [3.63, 3.8) is 0 Å². The molecule has 1 amide bonds. The molecule has 0 aromatic carbocycles. The van der Waals surface area contributed by atoms with Gasteiger partial charge in [0, 0.05) is 12.6 Å². The summed E-state index contributed by atoms with van der Waals surface area (Å²) in [6.45, 7) is 2.64. The minimum Gasteiger partial charge on any atom is -0.309 e. The fraction of sp³-hybridized carbons (Fsp3) is 0.300. The Bertz CT molecular complexity index is 617. The van der Waals surface area contributed by atoms with Gasteiger partial charge in [-0.15, -0.1) is 0 Å². The van der Waals surface area contributed by atoms with Gasteiger partial charge in [0.2, 0.25) is 5.91 Å². The molecule has 0 spiro atoms. The van der Waals surface area contributed by atoms with Crippen molar-refractivity contribution in [2.24, 2.45) is 0 Å². The molecule has 8 heteroatoms. The van der Waals surface area contributed by atoms with Crippen molar-refractivity contribution < 1.29 is 18.0 Å². The van der Waals surface area contributed by atoms with Gasteiger partial charge in [0.25, 0.3) is 0 Å². The predicted molar refractivity (Wildman–Crippen MR) is 57.9 cm³/mol. The standard InChI is InChI=1S/C10H9F3N4O/c1-4-3-6(10(11,12)13)7-8(14-4)16-17-9(7)15-5(2)18/h3H,1-2H3,(H2,14,15,16,17,18). The van der Waals surface area contributed by atoms with Crippen LogP contribution >= 0.6 is 0 Å². The van der Waals surface area contributed by atoms with E-state index < -0.39 is 17.6 Å². The molecule has 2 rings (SSSR count). The summed E-state index contributed by atoms with van der Waals surface area (Å²) in [7, 11) is 0. The molecule has 2 aromatic rings. The summed E-state index contributed by atoms with van der Waals surface area (Å²) >= 11 is 0. The van der Waals surface area contributed by atoms with E-state index in [0.29, 0.717) is 0 Å². The Morgan fingerprint density at radius 3 is 2.67 bits per heavy atom. The molecule has 0 atom stereocenters. The maximum absolute atomic E-state index is 12.9. The lowest BCUT2D eigenvalue weighted by Gasteiger charge is -2.09. The Morgan fingerprint density at radius 1 is 1.44 bits per heavy atom. The number of anilines is 1. The highest BCUT2D eigenvalue weighted by molar-refractivity contribution is 5.99. The summed E-state index contributed by atoms with van der Waals surface area (Å²) in [4.78, 5) is 14.8. The topological polar surface area (TPSA) is 70.7 Å². The van der Waals surface area contributed by atoms with E-state index in [1.165, 1.54) is 13.8 Å². The van der Waals surface area contributed by atoms with Crippen molar-refractivity contribution in [3.05, 3.63) is 17.3 Å². The molecule has 0 saturated heterocycles. The fourth-order valence-corrected chi connectivity index (χ4v) is 1.64. The predicted octanol–water partition coefficient (Wildman–Crippen LogP) is 2.24. The van der Waals surface area contributed by atoms with E-state index in [2.05, 4.69) is 20.5 Å². The highest BCUT2D eigenvalue weighted by Crippen LogP contribution is 2.37. The number of amides is 1. The lowest BCUT2D eigenvalue weighted by atomic mass is 10.1. The van der Waals surface area contributed by atoms with Gasteiger partial charge in [-0.05, 0) is 13.0 Å². The van der Waals surface area contributed by atoms with E-state index in [9.17, 15) is 18.0 Å². The van der Waals surface area contributed by atoms with Crippen LogP contribution in [-0.2, 0) is 11.0 Å². The molecule has 18 heavy (non-hydrogen) atoms. The average Bonchev–Trinajstić information content (AvgIpc) is 2.57. The molecule has 0 bridgehead atoms. The minimum absolute atomic E-state index is 0.00826. The molecule has 0 aliphatic heterocycles. The van der Waals surface area contributed by atoms with Crippen LogP contribution in [0.25, 0.3) is 11.0 Å². The van der Waals surface area contributed by atoms with Gasteiger partial charge in [0.1, 0.15) is 0 Å². The summed E-state index contributed by atoms with van der Waals surface area (Å²) < 4.78 is 38.7. The van der Waals surface area contributed by atoms with E-state index in [1.807, 2.05) is 0 Å². The largest absolute Gasteiger partial charge is 0.417 e. The van der Waals surface area contributed by atoms with E-state index in [1.54, 1.807) is 0 Å². The molecule has 5 nitrogen and oxygen atoms in total. The van der Waals surface area contributed by atoms with E-state index >= 15 is 0 Å². The van der Waals surface area contributed by atoms with E-state index in [4.69, 9.17) is 0 Å². The third-order valence-electron chi connectivity index (χ3n) is 2.26. The number of halogens is 3. The lowest BCUT2D eigenvalue weighted by molar-refractivity contribution is -0.136. The van der Waals surface area contributed by atoms with E-state index in [0.717, 1.165) is 6.07 Å². The molecule has 0 aliphatic carbocycles. The van der Waals surface area contributed by atoms with Gasteiger partial charge in [-0.3, -0.25) is 9.89 Å². The number of alkyl halides is 3. The zero-order chi connectivity index (χ0) is 13.5. The van der Waals surface area contributed by atoms with Crippen LogP contribution < -0.4 is 5.32 Å². The first-order valence-electron chi connectivity index (χ1n) is 4.99. The highest BCUT2D eigenvalue weighted by Gasteiger charge is 2.35. The third-order valence-corrected chi connectivity index (χ3v) is 2.26. The number of aromatic nitrogens is 3. The van der Waals surface area contributed by atoms with Gasteiger partial charge >= 0.3 is 6.18 Å². The second-order valence-corrected chi connectivity index (χ2v) is 3.79. The zero-order valence-corrected chi connectivity index (χ0v) is 9.51. The van der Waals surface area contributed by atoms with Crippen molar-refractivity contribution in [3.8, 4) is 0 Å². The molecule has 2 N–H and O–H groups in total. The summed E-state index contributed by atoms with van der Waals surface area (Å²) in [5.74, 6) is -0.672. The van der Waals surface area contributed by atoms with Crippen LogP contribution in [-0.4, -0.2) is 21.1 Å². The number of fused-ring (bicyclic) bond motifs is 1. The van der Waals surface area contributed by atoms with E-state index in [-0.39, 0.29) is 22.5 Å². The summed E-state index contributed by atoms with van der Waals surface area (Å²) in [5, 5.41) is 8.01. The summed E-state index contributed by atoms with van der Waals surface area (Å²) in [6, 6.07) is 0.920. The number of nitrogens with one attached hydrogen (secondary N) is 2. The maximum atomic E-state index is 12.9. The number of pyridine rings is 1. The van der Waals surface area contributed by atoms with Crippen LogP contribution in [0.2, 0.25) is 0 Å². The number of rotatable bonds is 1. The first kappa shape index (κ1) is 12.3. The average molecular weight is 258 g/mol. The van der Waals surface area contributed by atoms with Gasteiger partial charge < -0.3 is 5.32 Å². The number of nitrogens with zero attached hydrogens (tertiary/aromatic N) is 2. The van der Waals surface area contributed by atoms with Gasteiger partial charge in [0.05, 0.1) is 10.9 Å². The SMILES string of the molecule is CC(=O)Nc1n[nH]c2nc(C)cc(C(F)(F)F)c12. The Labute approximate surface area is 99.4 Å². The van der Waals surface area contributed by atoms with Crippen molar-refractivity contribution in [1.82, 2.24) is 15.2 Å². The first-order valence-corrected chi connectivity index (χ1v) is 4.99. The number of H-pyrrole nitrogens is 1. The normalized spacial score (nSPS) is 11.8. The Morgan fingerprint density at radius 2 is 2.11 bits per heavy atom. The Kier molecular flexibility index (Phi) is 2.72. The van der Waals surface area contributed by atoms with Crippen molar-refractivity contribution >= 4 is 22.8 Å². The molecule has 0 saturated carbocycles. The molecule has 96 valence electrons. The monoisotopic (exact) mass is 258 g/mol. The zero-order valence-electron chi connectivity index (χ0n) is 9.51. The number of carbonyl (C=O) groups is 1. The van der Waals surface area contributed by atoms with Crippen LogP contribution in [0.4, 0.5) is 19.0 Å². The smallest absolute Gasteiger partial charge is 0.309 e. The number of carbonyl (C=O) groups excluding carboxylic acids is 1. The molecule has 2 heterocycles. The molecule has 2 aromatic heterocycles. The number of hydrogen-bond acceptors (Lipinski definition) is 3. The highest BCUT2D eigenvalue weighted by atomic mass is 19.4. The Balaban J connectivity index is 2.74. The number of hydrogen-bond donors (Lipinski definition) is 2. The van der Waals surface area contributed by atoms with Crippen molar-refractivity contribution in [1.29, 1.82) is 0 Å². The molecule has 0 unspecified atom stereocenters. The number of aryl methyl sites for hydroxylation is 1. The second-order valence-electron chi connectivity index (χ2n) is 3.79. The van der Waals surface area contributed by atoms with Gasteiger partial charge in [-0.1, -0.05) is 0 Å². The van der Waals surface area contributed by atoms with Crippen molar-refractivity contribution in [2.45, 2.75) is 20.0 Å². The summed E-state index contributed by atoms with van der Waals surface area (Å²) in [5.41, 5.74) is -0.665. The molecule has 0 fully saturated rings. The Hall–Kier alpha value is -2.12. The van der Waals surface area contributed by atoms with Crippen LogP contribution in [0.15, 0.2) is 6.07 Å². The molecule has 0 aliphatic rings. The van der Waals surface area contributed by atoms with Crippen molar-refractivity contribution in [2.75, 3.05) is 5.32 Å². The van der Waals surface area contributed by atoms with Crippen LogP contribution in [0.3, 0.4) is 0 Å². The fourth-order valence-electron chi connectivity index (χ4n) is 1.64. The quantitative estimate of drug-likeness (QED) is 0.824. The second kappa shape index (κ2) is 3.97. The third kappa shape index (κ3) is 2.13. The van der Waals surface area contributed by atoms with Gasteiger partial charge in [-0.25, -0.2) is 4.98 Å². The van der Waals surface area contributed by atoms with Crippen LogP contribution in [0.1, 0.15) is 18.2 Å². The lowest BCUT2D eigenvalue weighted by Crippen LogP contribution is -2.10. The first-order chi connectivity index (χ1) is 8.29.